The molecule has 16 heavy (non-hydrogen) atoms. The third kappa shape index (κ3) is 9.40. The highest BCUT2D eigenvalue weighted by molar-refractivity contribution is 8.05. The predicted molar refractivity (Wildman–Crippen MR) is 86.8 cm³/mol. The van der Waals surface area contributed by atoms with Crippen LogP contribution in [0.25, 0.3) is 0 Å². The van der Waals surface area contributed by atoms with Crippen molar-refractivity contribution in [1.29, 1.82) is 0 Å². The lowest BCUT2D eigenvalue weighted by atomic mass is 10.6. The Morgan fingerprint density at radius 3 is 1.25 bits per heavy atom. The largest absolute Gasteiger partial charge is 0.305 e. The molecule has 0 aromatic carbocycles. The fourth-order valence-electron chi connectivity index (χ4n) is 1.31. The van der Waals surface area contributed by atoms with Gasteiger partial charge in [-0.1, -0.05) is 0 Å². The second-order valence-corrected chi connectivity index (χ2v) is 8.65. The van der Waals surface area contributed by atoms with E-state index in [1.54, 1.807) is 0 Å². The summed E-state index contributed by atoms with van der Waals surface area (Å²) in [5.41, 5.74) is 0. The molecule has 0 radical (unpaired) electrons. The minimum absolute atomic E-state index is 1.25. The van der Waals surface area contributed by atoms with Crippen LogP contribution in [-0.4, -0.2) is 71.1 Å². The second-order valence-electron chi connectivity index (χ2n) is 3.75. The number of hydrogen-bond acceptors (Lipinski definition) is 5. The van der Waals surface area contributed by atoms with Crippen molar-refractivity contribution < 1.29 is 0 Å². The summed E-state index contributed by atoms with van der Waals surface area (Å²) in [6, 6.07) is 0. The summed E-state index contributed by atoms with van der Waals surface area (Å²) in [7, 11) is 2.25. The van der Waals surface area contributed by atoms with Crippen molar-refractivity contribution in [3.8, 4) is 0 Å². The van der Waals surface area contributed by atoms with E-state index in [4.69, 9.17) is 0 Å². The Kier molecular flexibility index (Phi) is 11.0. The lowest BCUT2D eigenvalue weighted by Crippen LogP contribution is -2.24. The van der Waals surface area contributed by atoms with E-state index in [0.717, 1.165) is 0 Å². The summed E-state index contributed by atoms with van der Waals surface area (Å²) in [5.74, 6) is 10.6. The summed E-state index contributed by atoms with van der Waals surface area (Å²) in [4.78, 5) is 2.47. The quantitative estimate of drug-likeness (QED) is 0.674. The van der Waals surface area contributed by atoms with Crippen LogP contribution in [0.5, 0.6) is 0 Å². The molecular formula is C11H23NS4. The molecule has 0 bridgehead atoms. The Morgan fingerprint density at radius 1 is 0.562 bits per heavy atom. The zero-order valence-electron chi connectivity index (χ0n) is 10.2. The van der Waals surface area contributed by atoms with Gasteiger partial charge in [-0.25, -0.2) is 0 Å². The van der Waals surface area contributed by atoms with Crippen LogP contribution in [0.15, 0.2) is 0 Å². The van der Waals surface area contributed by atoms with Crippen LogP contribution in [-0.2, 0) is 0 Å². The maximum absolute atomic E-state index is 2.47. The molecule has 0 saturated carbocycles. The maximum atomic E-state index is 2.47. The van der Waals surface area contributed by atoms with Gasteiger partial charge in [0.2, 0.25) is 0 Å². The summed E-state index contributed by atoms with van der Waals surface area (Å²) in [6.45, 7) is 2.51. The van der Waals surface area contributed by atoms with E-state index in [2.05, 4.69) is 59.0 Å². The fraction of sp³-hybridized carbons (Fsp3) is 1.00. The highest BCUT2D eigenvalue weighted by Gasteiger charge is 2.00. The third-order valence-electron chi connectivity index (χ3n) is 2.35. The summed E-state index contributed by atoms with van der Waals surface area (Å²) in [6.07, 6.45) is 0. The standard InChI is InChI=1S/C11H23NS4/c1-12-2-4-13-6-8-15-10-11-16-9-7-14-5-3-12/h2-11H2,1H3. The normalized spacial score (nSPS) is 24.6. The van der Waals surface area contributed by atoms with E-state index in [1.807, 2.05) is 0 Å². The van der Waals surface area contributed by atoms with Gasteiger partial charge < -0.3 is 4.90 Å². The van der Waals surface area contributed by atoms with Crippen LogP contribution in [0.1, 0.15) is 0 Å². The number of hydrogen-bond donors (Lipinski definition) is 0. The average Bonchev–Trinajstić information content (AvgIpc) is 2.29. The SMILES string of the molecule is CN1CCSCCSCCSCCSCC1. The number of thioether (sulfide) groups is 4. The van der Waals surface area contributed by atoms with Crippen molar-refractivity contribution in [2.75, 3.05) is 66.2 Å². The topological polar surface area (TPSA) is 3.24 Å². The molecule has 0 N–H and O–H groups in total. The van der Waals surface area contributed by atoms with Gasteiger partial charge in [0.05, 0.1) is 0 Å². The first-order valence-corrected chi connectivity index (χ1v) is 10.5. The van der Waals surface area contributed by atoms with E-state index in [-0.39, 0.29) is 0 Å². The first-order valence-electron chi connectivity index (χ1n) is 5.89. The van der Waals surface area contributed by atoms with Crippen LogP contribution >= 0.6 is 47.0 Å². The highest BCUT2D eigenvalue weighted by atomic mass is 32.2. The molecule has 0 aromatic heterocycles. The third-order valence-corrected chi connectivity index (χ3v) is 7.03. The second kappa shape index (κ2) is 11.5. The minimum atomic E-state index is 1.25. The van der Waals surface area contributed by atoms with Crippen molar-refractivity contribution in [3.63, 3.8) is 0 Å². The average molecular weight is 298 g/mol. The molecule has 0 unspecified atom stereocenters. The van der Waals surface area contributed by atoms with E-state index in [9.17, 15) is 0 Å². The minimum Gasteiger partial charge on any atom is -0.305 e. The molecule has 0 amide bonds. The van der Waals surface area contributed by atoms with E-state index in [1.165, 1.54) is 59.1 Å². The molecule has 1 nitrogen and oxygen atoms in total. The Balaban J connectivity index is 2.10. The van der Waals surface area contributed by atoms with Gasteiger partial charge in [0.25, 0.3) is 0 Å². The molecule has 1 aliphatic heterocycles. The van der Waals surface area contributed by atoms with Gasteiger partial charge in [0.1, 0.15) is 0 Å². The zero-order valence-corrected chi connectivity index (χ0v) is 13.4. The molecule has 5 heteroatoms. The number of rotatable bonds is 0. The molecule has 1 fully saturated rings. The molecule has 0 spiro atoms. The molecule has 0 aliphatic carbocycles. The zero-order chi connectivity index (χ0) is 11.5. The van der Waals surface area contributed by atoms with Gasteiger partial charge in [0, 0.05) is 59.1 Å². The van der Waals surface area contributed by atoms with Crippen molar-refractivity contribution in [1.82, 2.24) is 4.90 Å². The fourth-order valence-corrected chi connectivity index (χ4v) is 5.84. The van der Waals surface area contributed by atoms with Crippen LogP contribution in [0, 0.1) is 0 Å². The maximum Gasteiger partial charge on any atom is 0.00696 e. The molecule has 96 valence electrons. The lowest BCUT2D eigenvalue weighted by molar-refractivity contribution is 0.380. The molecule has 1 saturated heterocycles. The van der Waals surface area contributed by atoms with E-state index < -0.39 is 0 Å². The van der Waals surface area contributed by atoms with Gasteiger partial charge in [-0.3, -0.25) is 0 Å². The summed E-state index contributed by atoms with van der Waals surface area (Å²) in [5, 5.41) is 0. The van der Waals surface area contributed by atoms with Crippen molar-refractivity contribution in [2.24, 2.45) is 0 Å². The van der Waals surface area contributed by atoms with Crippen LogP contribution < -0.4 is 0 Å². The van der Waals surface area contributed by atoms with Crippen molar-refractivity contribution >= 4 is 47.0 Å². The predicted octanol–water partition coefficient (Wildman–Crippen LogP) is 2.86. The Labute approximate surface area is 118 Å². The van der Waals surface area contributed by atoms with Crippen LogP contribution in [0.2, 0.25) is 0 Å². The first-order chi connectivity index (χ1) is 7.89. The molecule has 1 heterocycles. The van der Waals surface area contributed by atoms with Crippen molar-refractivity contribution in [3.05, 3.63) is 0 Å². The Morgan fingerprint density at radius 2 is 0.875 bits per heavy atom. The Hall–Kier alpha value is 1.36. The molecular weight excluding hydrogens is 274 g/mol. The van der Waals surface area contributed by atoms with Crippen molar-refractivity contribution in [2.45, 2.75) is 0 Å². The highest BCUT2D eigenvalue weighted by Crippen LogP contribution is 2.13. The van der Waals surface area contributed by atoms with Crippen LogP contribution in [0.4, 0.5) is 0 Å². The Bertz CT molecular complexity index is 141. The van der Waals surface area contributed by atoms with Gasteiger partial charge in [-0.05, 0) is 7.05 Å². The molecule has 0 aromatic rings. The molecule has 1 rings (SSSR count). The molecule has 0 atom stereocenters. The smallest absolute Gasteiger partial charge is 0.00696 e. The summed E-state index contributed by atoms with van der Waals surface area (Å²) < 4.78 is 0. The van der Waals surface area contributed by atoms with Gasteiger partial charge in [-0.2, -0.15) is 47.0 Å². The van der Waals surface area contributed by atoms with Gasteiger partial charge in [-0.15, -0.1) is 0 Å². The van der Waals surface area contributed by atoms with E-state index >= 15 is 0 Å². The lowest BCUT2D eigenvalue weighted by Gasteiger charge is -2.15. The van der Waals surface area contributed by atoms with Gasteiger partial charge >= 0.3 is 0 Å². The monoisotopic (exact) mass is 297 g/mol. The van der Waals surface area contributed by atoms with E-state index in [0.29, 0.717) is 0 Å². The summed E-state index contributed by atoms with van der Waals surface area (Å²) >= 11 is 8.47. The first kappa shape index (κ1) is 15.4. The van der Waals surface area contributed by atoms with Gasteiger partial charge in [0.15, 0.2) is 0 Å². The number of nitrogens with zero attached hydrogens (tertiary/aromatic N) is 1. The van der Waals surface area contributed by atoms with Crippen LogP contribution in [0.3, 0.4) is 0 Å². The molecule has 1 aliphatic rings.